The minimum atomic E-state index is -1.13. The van der Waals surface area contributed by atoms with Crippen LogP contribution in [0.1, 0.15) is 0 Å². The van der Waals surface area contributed by atoms with Crippen LogP contribution in [0.5, 0.6) is 0 Å². The van der Waals surface area contributed by atoms with Crippen LogP contribution in [0.3, 0.4) is 0 Å². The van der Waals surface area contributed by atoms with E-state index in [0.717, 1.165) is 0 Å². The van der Waals surface area contributed by atoms with Gasteiger partial charge >= 0.3 is 70.0 Å². The fourth-order valence-corrected chi connectivity index (χ4v) is 2.06. The van der Waals surface area contributed by atoms with Crippen molar-refractivity contribution >= 4 is 35.8 Å². The summed E-state index contributed by atoms with van der Waals surface area (Å²) in [5.74, 6) is -6.55. The summed E-state index contributed by atoms with van der Waals surface area (Å²) in [5, 5.41) is 55.6. The molecule has 0 aliphatic heterocycles. The van der Waals surface area contributed by atoms with Crippen LogP contribution in [-0.2, 0) is 62.9 Å². The van der Waals surface area contributed by atoms with Gasteiger partial charge in [-0.1, -0.05) is 0 Å². The Kier molecular flexibility index (Phi) is 27.3. The Labute approximate surface area is 215 Å². The molecule has 0 aromatic heterocycles. The summed E-state index contributed by atoms with van der Waals surface area (Å²) in [7, 11) is 0. The minimum absolute atomic E-state index is 0. The number of rotatable bonds is 18. The normalized spacial score (nSPS) is 9.71. The predicted molar refractivity (Wildman–Crippen MR) is 104 cm³/mol. The van der Waals surface area contributed by atoms with Gasteiger partial charge in [0.1, 0.15) is 0 Å². The van der Waals surface area contributed by atoms with Gasteiger partial charge in [0, 0.05) is 26.2 Å². The standard InChI is InChI=1S/2C8H14N2O6.2Cu/c2*11-6(12)3-9-1-2-10(4-7(13)14)5-8(15)16;;/h2*9H,1-5H2,(H,11,12)(H,13,14)(H,15,16);;/q;;+1;+2. The average Bonchev–Trinajstić information content (AvgIpc) is 2.60. The number of carboxylic acids is 6. The number of hydrogen-bond acceptors (Lipinski definition) is 10. The SMILES string of the molecule is O=C(O)CNCCN(CC(=O)O)CC(=O)O.O=C(O)CNCCN(CC(=O)O)CC(=O)O.[Cu+2].[Cu+]. The van der Waals surface area contributed by atoms with E-state index >= 15 is 0 Å². The number of carboxylic acid groups (broad SMARTS) is 6. The molecule has 0 aliphatic carbocycles. The summed E-state index contributed by atoms with van der Waals surface area (Å²) in [4.78, 5) is 64.2. The molecule has 0 rings (SSSR count). The monoisotopic (exact) mass is 594 g/mol. The van der Waals surface area contributed by atoms with Gasteiger partial charge in [0.2, 0.25) is 0 Å². The Bertz CT molecular complexity index is 567. The van der Waals surface area contributed by atoms with Gasteiger partial charge in [-0.25, -0.2) is 0 Å². The Hall–Kier alpha value is -2.30. The number of nitrogens with zero attached hydrogens (tertiary/aromatic N) is 2. The molecule has 1 radical (unpaired) electrons. The van der Waals surface area contributed by atoms with Crippen LogP contribution in [0.4, 0.5) is 0 Å². The van der Waals surface area contributed by atoms with Crippen molar-refractivity contribution in [3.8, 4) is 0 Å². The van der Waals surface area contributed by atoms with Crippen molar-refractivity contribution in [2.45, 2.75) is 0 Å². The zero-order valence-electron chi connectivity index (χ0n) is 17.7. The summed E-state index contributed by atoms with van der Waals surface area (Å²) in [6, 6.07) is 0. The predicted octanol–water partition coefficient (Wildman–Crippen LogP) is -3.74. The van der Waals surface area contributed by atoms with Gasteiger partial charge in [-0.15, -0.1) is 0 Å². The van der Waals surface area contributed by atoms with E-state index in [1.807, 2.05) is 0 Å². The molecule has 0 atom stereocenters. The molecular weight excluding hydrogens is 567 g/mol. The van der Waals surface area contributed by atoms with Gasteiger partial charge < -0.3 is 41.3 Å². The molecule has 18 heteroatoms. The van der Waals surface area contributed by atoms with Crippen molar-refractivity contribution in [3.63, 3.8) is 0 Å². The maximum absolute atomic E-state index is 10.4. The van der Waals surface area contributed by atoms with Gasteiger partial charge in [0.05, 0.1) is 39.3 Å². The second-order valence-electron chi connectivity index (χ2n) is 6.14. The largest absolute Gasteiger partial charge is 2.00 e. The van der Waals surface area contributed by atoms with Crippen molar-refractivity contribution < 1.29 is 93.5 Å². The van der Waals surface area contributed by atoms with E-state index in [-0.39, 0.29) is 99.6 Å². The first-order chi connectivity index (χ1) is 14.8. The third-order valence-corrected chi connectivity index (χ3v) is 3.20. The van der Waals surface area contributed by atoms with E-state index in [1.54, 1.807) is 0 Å². The van der Waals surface area contributed by atoms with Crippen molar-refractivity contribution in [1.82, 2.24) is 20.4 Å². The first kappa shape index (κ1) is 38.9. The summed E-state index contributed by atoms with van der Waals surface area (Å²) in [5.41, 5.74) is 0. The number of carbonyl (C=O) groups is 6. The molecule has 203 valence electrons. The molecule has 0 aliphatic rings. The molecule has 0 unspecified atom stereocenters. The quantitative estimate of drug-likeness (QED) is 0.0559. The van der Waals surface area contributed by atoms with Crippen LogP contribution >= 0.6 is 0 Å². The molecule has 0 saturated carbocycles. The molecule has 0 aromatic carbocycles. The Morgan fingerprint density at radius 3 is 0.912 bits per heavy atom. The van der Waals surface area contributed by atoms with Crippen molar-refractivity contribution in [3.05, 3.63) is 0 Å². The Morgan fingerprint density at radius 2 is 0.735 bits per heavy atom. The van der Waals surface area contributed by atoms with Gasteiger partial charge in [-0.3, -0.25) is 38.6 Å². The van der Waals surface area contributed by atoms with Gasteiger partial charge in [-0.05, 0) is 0 Å². The molecule has 0 amide bonds. The Morgan fingerprint density at radius 1 is 0.500 bits per heavy atom. The van der Waals surface area contributed by atoms with Crippen LogP contribution in [0.15, 0.2) is 0 Å². The molecule has 0 bridgehead atoms. The van der Waals surface area contributed by atoms with Crippen molar-refractivity contribution in [2.75, 3.05) is 65.4 Å². The second-order valence-corrected chi connectivity index (χ2v) is 6.14. The molecular formula is C16H28Cu2N4O12+3. The van der Waals surface area contributed by atoms with Gasteiger partial charge in [0.25, 0.3) is 0 Å². The van der Waals surface area contributed by atoms with Gasteiger partial charge in [-0.2, -0.15) is 0 Å². The van der Waals surface area contributed by atoms with E-state index in [1.165, 1.54) is 9.80 Å². The molecule has 34 heavy (non-hydrogen) atoms. The third kappa shape index (κ3) is 31.9. The van der Waals surface area contributed by atoms with E-state index in [9.17, 15) is 28.8 Å². The zero-order valence-corrected chi connectivity index (χ0v) is 19.6. The molecule has 0 fully saturated rings. The Balaban J connectivity index is -0.000000250. The maximum Gasteiger partial charge on any atom is 2.00 e. The van der Waals surface area contributed by atoms with E-state index in [4.69, 9.17) is 30.6 Å². The fourth-order valence-electron chi connectivity index (χ4n) is 2.06. The van der Waals surface area contributed by atoms with Crippen LogP contribution in [0.2, 0.25) is 0 Å². The smallest absolute Gasteiger partial charge is 0.480 e. The van der Waals surface area contributed by atoms with E-state index in [2.05, 4.69) is 10.6 Å². The van der Waals surface area contributed by atoms with Crippen LogP contribution in [0, 0.1) is 0 Å². The van der Waals surface area contributed by atoms with E-state index in [0.29, 0.717) is 0 Å². The second kappa shape index (κ2) is 23.8. The van der Waals surface area contributed by atoms with Crippen LogP contribution in [-0.4, -0.2) is 142 Å². The summed E-state index contributed by atoms with van der Waals surface area (Å²) in [6.07, 6.45) is 0. The number of nitrogens with one attached hydrogen (secondary N) is 2. The summed E-state index contributed by atoms with van der Waals surface area (Å²) < 4.78 is 0. The van der Waals surface area contributed by atoms with Crippen LogP contribution < -0.4 is 10.6 Å². The third-order valence-electron chi connectivity index (χ3n) is 3.20. The van der Waals surface area contributed by atoms with Crippen LogP contribution in [0.25, 0.3) is 0 Å². The summed E-state index contributed by atoms with van der Waals surface area (Å²) in [6.45, 7) is -1.29. The van der Waals surface area contributed by atoms with Crippen molar-refractivity contribution in [2.24, 2.45) is 0 Å². The first-order valence-corrected chi connectivity index (χ1v) is 9.00. The molecule has 8 N–H and O–H groups in total. The number of hydrogen-bond donors (Lipinski definition) is 8. The zero-order chi connectivity index (χ0) is 25.1. The number of aliphatic carboxylic acids is 6. The molecule has 0 spiro atoms. The summed E-state index contributed by atoms with van der Waals surface area (Å²) >= 11 is 0. The topological polar surface area (TPSA) is 254 Å². The molecule has 0 saturated heterocycles. The fraction of sp³-hybridized carbons (Fsp3) is 0.625. The maximum atomic E-state index is 10.4. The van der Waals surface area contributed by atoms with Gasteiger partial charge in [0.15, 0.2) is 0 Å². The van der Waals surface area contributed by atoms with E-state index < -0.39 is 35.8 Å². The molecule has 0 aromatic rings. The molecule has 0 heterocycles. The minimum Gasteiger partial charge on any atom is -0.480 e. The van der Waals surface area contributed by atoms with Crippen molar-refractivity contribution in [1.29, 1.82) is 0 Å². The first-order valence-electron chi connectivity index (χ1n) is 9.00. The molecule has 16 nitrogen and oxygen atoms in total. The average molecular weight is 596 g/mol.